The van der Waals surface area contributed by atoms with Gasteiger partial charge in [0.25, 0.3) is 5.91 Å². The Morgan fingerprint density at radius 3 is 2.48 bits per heavy atom. The van der Waals surface area contributed by atoms with Crippen LogP contribution >= 0.6 is 11.3 Å². The van der Waals surface area contributed by atoms with Gasteiger partial charge in [-0.05, 0) is 55.0 Å². The zero-order chi connectivity index (χ0) is 22.1. The smallest absolute Gasteiger partial charge is 0.264 e. The van der Waals surface area contributed by atoms with Gasteiger partial charge in [-0.1, -0.05) is 6.07 Å². The molecular weight excluding hydrogens is 417 g/mol. The van der Waals surface area contributed by atoms with Gasteiger partial charge >= 0.3 is 0 Å². The SMILES string of the molecule is COc1ccc(CN(C)C(=O)c2cc3c(C)nn(-c4ccc(F)cc4)c3s2)cc1OC. The molecule has 31 heavy (non-hydrogen) atoms. The van der Waals surface area contributed by atoms with Gasteiger partial charge in [-0.15, -0.1) is 11.3 Å². The van der Waals surface area contributed by atoms with E-state index in [0.29, 0.717) is 22.9 Å². The lowest BCUT2D eigenvalue weighted by Crippen LogP contribution is -2.25. The molecule has 0 saturated carbocycles. The number of benzene rings is 2. The molecule has 0 aliphatic heterocycles. The minimum absolute atomic E-state index is 0.0824. The molecule has 0 aliphatic rings. The fourth-order valence-electron chi connectivity index (χ4n) is 3.42. The molecule has 0 bridgehead atoms. The molecule has 0 unspecified atom stereocenters. The molecule has 4 rings (SSSR count). The molecule has 160 valence electrons. The third kappa shape index (κ3) is 3.98. The van der Waals surface area contributed by atoms with Crippen molar-refractivity contribution in [2.24, 2.45) is 0 Å². The first kappa shape index (κ1) is 20.9. The fourth-order valence-corrected chi connectivity index (χ4v) is 4.60. The first-order chi connectivity index (χ1) is 14.9. The minimum Gasteiger partial charge on any atom is -0.493 e. The van der Waals surface area contributed by atoms with Gasteiger partial charge in [0.15, 0.2) is 11.5 Å². The molecule has 0 aliphatic carbocycles. The number of nitrogens with zero attached hydrogens (tertiary/aromatic N) is 3. The van der Waals surface area contributed by atoms with Crippen LogP contribution in [0.15, 0.2) is 48.5 Å². The van der Waals surface area contributed by atoms with Crippen LogP contribution in [0.4, 0.5) is 4.39 Å². The van der Waals surface area contributed by atoms with Gasteiger partial charge in [0.2, 0.25) is 0 Å². The summed E-state index contributed by atoms with van der Waals surface area (Å²) >= 11 is 1.38. The monoisotopic (exact) mass is 439 g/mol. The fraction of sp³-hybridized carbons (Fsp3) is 0.217. The Hall–Kier alpha value is -3.39. The zero-order valence-corrected chi connectivity index (χ0v) is 18.5. The van der Waals surface area contributed by atoms with Crippen LogP contribution in [0.2, 0.25) is 0 Å². The molecule has 6 nitrogen and oxygen atoms in total. The van der Waals surface area contributed by atoms with Gasteiger partial charge in [0.05, 0.1) is 30.5 Å². The molecule has 0 spiro atoms. The van der Waals surface area contributed by atoms with Crippen molar-refractivity contribution in [3.63, 3.8) is 0 Å². The van der Waals surface area contributed by atoms with Gasteiger partial charge < -0.3 is 14.4 Å². The van der Waals surface area contributed by atoms with Gasteiger partial charge in [-0.2, -0.15) is 5.10 Å². The lowest BCUT2D eigenvalue weighted by atomic mass is 10.2. The van der Waals surface area contributed by atoms with E-state index in [0.717, 1.165) is 27.2 Å². The van der Waals surface area contributed by atoms with Crippen LogP contribution in [-0.2, 0) is 6.54 Å². The first-order valence-corrected chi connectivity index (χ1v) is 10.4. The second kappa shape index (κ2) is 8.39. The normalized spacial score (nSPS) is 11.0. The standard InChI is InChI=1S/C23H22FN3O3S/c1-14-18-12-21(31-23(18)27(25-14)17-8-6-16(24)7-9-17)22(28)26(2)13-15-5-10-19(29-3)20(11-15)30-4/h5-12H,13H2,1-4H3. The third-order valence-electron chi connectivity index (χ3n) is 5.04. The molecule has 8 heteroatoms. The van der Waals surface area contributed by atoms with Crippen molar-refractivity contribution in [3.8, 4) is 17.2 Å². The Morgan fingerprint density at radius 2 is 1.81 bits per heavy atom. The Labute approximate surface area is 183 Å². The summed E-state index contributed by atoms with van der Waals surface area (Å²) in [4.78, 5) is 16.2. The number of thiophene rings is 1. The molecule has 1 amide bonds. The number of carbonyl (C=O) groups excluding carboxylic acids is 1. The molecule has 0 saturated heterocycles. The Bertz CT molecular complexity index is 1250. The average molecular weight is 440 g/mol. The highest BCUT2D eigenvalue weighted by Gasteiger charge is 2.20. The maximum Gasteiger partial charge on any atom is 0.264 e. The van der Waals surface area contributed by atoms with E-state index in [-0.39, 0.29) is 11.7 Å². The molecule has 0 N–H and O–H groups in total. The predicted molar refractivity (Wildman–Crippen MR) is 119 cm³/mol. The summed E-state index contributed by atoms with van der Waals surface area (Å²) in [6.07, 6.45) is 0. The van der Waals surface area contributed by atoms with Crippen molar-refractivity contribution in [1.29, 1.82) is 0 Å². The van der Waals surface area contributed by atoms with Crippen molar-refractivity contribution in [2.75, 3.05) is 21.3 Å². The van der Waals surface area contributed by atoms with E-state index in [9.17, 15) is 9.18 Å². The molecule has 2 aromatic heterocycles. The summed E-state index contributed by atoms with van der Waals surface area (Å²) in [5, 5.41) is 5.47. The van der Waals surface area contributed by atoms with Crippen LogP contribution in [0, 0.1) is 12.7 Å². The number of fused-ring (bicyclic) bond motifs is 1. The molecular formula is C23H22FN3O3S. The van der Waals surface area contributed by atoms with Crippen LogP contribution in [0.25, 0.3) is 15.9 Å². The van der Waals surface area contributed by atoms with Crippen LogP contribution in [0.1, 0.15) is 20.9 Å². The zero-order valence-electron chi connectivity index (χ0n) is 17.7. The quantitative estimate of drug-likeness (QED) is 0.432. The largest absolute Gasteiger partial charge is 0.493 e. The number of aromatic nitrogens is 2. The lowest BCUT2D eigenvalue weighted by Gasteiger charge is -2.17. The van der Waals surface area contributed by atoms with E-state index in [1.54, 1.807) is 43.0 Å². The number of carbonyl (C=O) groups is 1. The molecule has 4 aromatic rings. The maximum absolute atomic E-state index is 13.3. The van der Waals surface area contributed by atoms with Gasteiger partial charge in [0, 0.05) is 19.0 Å². The van der Waals surface area contributed by atoms with Crippen molar-refractivity contribution in [2.45, 2.75) is 13.5 Å². The predicted octanol–water partition coefficient (Wildman–Crippen LogP) is 4.82. The molecule has 0 atom stereocenters. The van der Waals surface area contributed by atoms with Crippen LogP contribution < -0.4 is 9.47 Å². The number of hydrogen-bond acceptors (Lipinski definition) is 5. The van der Waals surface area contributed by atoms with Crippen LogP contribution in [-0.4, -0.2) is 41.9 Å². The second-order valence-electron chi connectivity index (χ2n) is 7.15. The van der Waals surface area contributed by atoms with E-state index in [1.165, 1.54) is 23.5 Å². The summed E-state index contributed by atoms with van der Waals surface area (Å²) < 4.78 is 25.7. The highest BCUT2D eigenvalue weighted by atomic mass is 32.1. The van der Waals surface area contributed by atoms with E-state index in [1.807, 2.05) is 31.2 Å². The highest BCUT2D eigenvalue weighted by molar-refractivity contribution is 7.20. The first-order valence-electron chi connectivity index (χ1n) is 9.62. The summed E-state index contributed by atoms with van der Waals surface area (Å²) in [5.41, 5.74) is 2.50. The molecule has 2 aromatic carbocycles. The van der Waals surface area contributed by atoms with Gasteiger partial charge in [0.1, 0.15) is 10.6 Å². The summed E-state index contributed by atoms with van der Waals surface area (Å²) in [5.74, 6) is 0.882. The van der Waals surface area contributed by atoms with Crippen molar-refractivity contribution >= 4 is 27.5 Å². The number of hydrogen-bond donors (Lipinski definition) is 0. The van der Waals surface area contributed by atoms with Crippen molar-refractivity contribution in [1.82, 2.24) is 14.7 Å². The number of amides is 1. The minimum atomic E-state index is -0.303. The van der Waals surface area contributed by atoms with E-state index in [4.69, 9.17) is 9.47 Å². The second-order valence-corrected chi connectivity index (χ2v) is 8.18. The lowest BCUT2D eigenvalue weighted by molar-refractivity contribution is 0.0790. The summed E-state index contributed by atoms with van der Waals surface area (Å²) in [6, 6.07) is 13.6. The number of rotatable bonds is 6. The van der Waals surface area contributed by atoms with Crippen molar-refractivity contribution < 1.29 is 18.7 Å². The Kier molecular flexibility index (Phi) is 5.65. The molecule has 0 fully saturated rings. The van der Waals surface area contributed by atoms with Gasteiger partial charge in [-0.3, -0.25) is 4.79 Å². The van der Waals surface area contributed by atoms with Crippen LogP contribution in [0.5, 0.6) is 11.5 Å². The van der Waals surface area contributed by atoms with Gasteiger partial charge in [-0.25, -0.2) is 9.07 Å². The number of halogens is 1. The Morgan fingerprint density at radius 1 is 1.10 bits per heavy atom. The third-order valence-corrected chi connectivity index (χ3v) is 6.14. The van der Waals surface area contributed by atoms with E-state index >= 15 is 0 Å². The molecule has 2 heterocycles. The number of methoxy groups -OCH3 is 2. The topological polar surface area (TPSA) is 56.6 Å². The molecule has 0 radical (unpaired) electrons. The highest BCUT2D eigenvalue weighted by Crippen LogP contribution is 2.32. The van der Waals surface area contributed by atoms with Crippen LogP contribution in [0.3, 0.4) is 0 Å². The van der Waals surface area contributed by atoms with E-state index in [2.05, 4.69) is 5.10 Å². The van der Waals surface area contributed by atoms with Crippen molar-refractivity contribution in [3.05, 3.63) is 70.5 Å². The summed E-state index contributed by atoms with van der Waals surface area (Å²) in [7, 11) is 4.94. The number of ether oxygens (including phenoxy) is 2. The average Bonchev–Trinajstić information content (AvgIpc) is 3.34. The maximum atomic E-state index is 13.3. The Balaban J connectivity index is 1.60. The summed E-state index contributed by atoms with van der Waals surface area (Å²) in [6.45, 7) is 2.33. The number of aryl methyl sites for hydroxylation is 1. The van der Waals surface area contributed by atoms with E-state index < -0.39 is 0 Å².